The minimum atomic E-state index is -3.59. The molecule has 6 heteroatoms. The second kappa shape index (κ2) is 6.07. The van der Waals surface area contributed by atoms with Crippen LogP contribution >= 0.6 is 0 Å². The van der Waals surface area contributed by atoms with Gasteiger partial charge in [0, 0.05) is 13.1 Å². The van der Waals surface area contributed by atoms with Crippen molar-refractivity contribution in [3.63, 3.8) is 0 Å². The molecule has 0 spiro atoms. The lowest BCUT2D eigenvalue weighted by molar-refractivity contribution is 0.234. The summed E-state index contributed by atoms with van der Waals surface area (Å²) in [5.41, 5.74) is 0. The highest BCUT2D eigenvalue weighted by Crippen LogP contribution is 2.26. The molecule has 2 rings (SSSR count). The van der Waals surface area contributed by atoms with Crippen LogP contribution in [-0.2, 0) is 16.6 Å². The second-order valence-electron chi connectivity index (χ2n) is 5.05. The van der Waals surface area contributed by atoms with Crippen LogP contribution in [0.3, 0.4) is 0 Å². The topological polar surface area (TPSA) is 70.8 Å². The Labute approximate surface area is 114 Å². The SMILES string of the molecule is CN(C1CCCCCC1)S(=O)(=O)c1ccc(CO)o1. The third-order valence-electron chi connectivity index (χ3n) is 3.77. The van der Waals surface area contributed by atoms with Crippen molar-refractivity contribution in [3.05, 3.63) is 17.9 Å². The molecule has 1 aromatic heterocycles. The van der Waals surface area contributed by atoms with Crippen molar-refractivity contribution in [3.8, 4) is 0 Å². The van der Waals surface area contributed by atoms with Gasteiger partial charge in [0.15, 0.2) is 0 Å². The molecule has 0 unspecified atom stereocenters. The Morgan fingerprint density at radius 1 is 1.26 bits per heavy atom. The van der Waals surface area contributed by atoms with E-state index in [2.05, 4.69) is 0 Å². The molecule has 0 radical (unpaired) electrons. The molecular formula is C13H21NO4S. The molecule has 1 aliphatic rings. The molecule has 1 heterocycles. The highest BCUT2D eigenvalue weighted by molar-refractivity contribution is 7.89. The summed E-state index contributed by atoms with van der Waals surface area (Å²) in [7, 11) is -1.97. The van der Waals surface area contributed by atoms with E-state index in [9.17, 15) is 8.42 Å². The van der Waals surface area contributed by atoms with Crippen LogP contribution < -0.4 is 0 Å². The predicted molar refractivity (Wildman–Crippen MR) is 71.1 cm³/mol. The van der Waals surface area contributed by atoms with Crippen LogP contribution in [0, 0.1) is 0 Å². The first-order chi connectivity index (χ1) is 9.05. The number of aliphatic hydroxyl groups excluding tert-OH is 1. The molecule has 0 bridgehead atoms. The molecular weight excluding hydrogens is 266 g/mol. The van der Waals surface area contributed by atoms with E-state index in [4.69, 9.17) is 9.52 Å². The highest BCUT2D eigenvalue weighted by Gasteiger charge is 2.30. The fraction of sp³-hybridized carbons (Fsp3) is 0.692. The van der Waals surface area contributed by atoms with E-state index in [1.807, 2.05) is 0 Å². The summed E-state index contributed by atoms with van der Waals surface area (Å²) in [6, 6.07) is 2.96. The summed E-state index contributed by atoms with van der Waals surface area (Å²) in [5.74, 6) is 0.271. The molecule has 1 aliphatic carbocycles. The highest BCUT2D eigenvalue weighted by atomic mass is 32.2. The summed E-state index contributed by atoms with van der Waals surface area (Å²) in [5, 5.41) is 8.86. The standard InChI is InChI=1S/C13H21NO4S/c1-14(11-6-4-2-3-5-7-11)19(16,17)13-9-8-12(10-15)18-13/h8-9,11,15H,2-7,10H2,1H3. The van der Waals surface area contributed by atoms with E-state index in [-0.39, 0.29) is 23.5 Å². The lowest BCUT2D eigenvalue weighted by Gasteiger charge is -2.25. The van der Waals surface area contributed by atoms with Crippen molar-refractivity contribution in [2.45, 2.75) is 56.3 Å². The average molecular weight is 287 g/mol. The maximum atomic E-state index is 12.4. The maximum Gasteiger partial charge on any atom is 0.276 e. The van der Waals surface area contributed by atoms with Gasteiger partial charge < -0.3 is 9.52 Å². The number of aliphatic hydroxyl groups is 1. The van der Waals surface area contributed by atoms with Crippen LogP contribution in [0.15, 0.2) is 21.6 Å². The first-order valence-electron chi connectivity index (χ1n) is 6.73. The molecule has 108 valence electrons. The summed E-state index contributed by atoms with van der Waals surface area (Å²) in [4.78, 5) is 0. The Kier molecular flexibility index (Phi) is 4.65. The van der Waals surface area contributed by atoms with E-state index in [0.717, 1.165) is 25.7 Å². The van der Waals surface area contributed by atoms with Gasteiger partial charge >= 0.3 is 0 Å². The van der Waals surface area contributed by atoms with Gasteiger partial charge in [0.2, 0.25) is 5.09 Å². The van der Waals surface area contributed by atoms with Gasteiger partial charge in [-0.3, -0.25) is 0 Å². The Bertz CT molecular complexity index is 500. The predicted octanol–water partition coefficient (Wildman–Crippen LogP) is 2.12. The molecule has 1 aromatic rings. The summed E-state index contributed by atoms with van der Waals surface area (Å²) in [6.07, 6.45) is 6.32. The molecule has 1 fully saturated rings. The average Bonchev–Trinajstić information content (AvgIpc) is 2.74. The van der Waals surface area contributed by atoms with Gasteiger partial charge in [-0.25, -0.2) is 8.42 Å². The first-order valence-corrected chi connectivity index (χ1v) is 8.17. The number of hydrogen-bond acceptors (Lipinski definition) is 4. The molecule has 0 amide bonds. The van der Waals surface area contributed by atoms with Crippen LogP contribution in [0.4, 0.5) is 0 Å². The Morgan fingerprint density at radius 2 is 1.89 bits per heavy atom. The van der Waals surface area contributed by atoms with Gasteiger partial charge in [-0.05, 0) is 25.0 Å². The van der Waals surface area contributed by atoms with Crippen molar-refractivity contribution >= 4 is 10.0 Å². The normalized spacial score (nSPS) is 18.7. The third kappa shape index (κ3) is 3.19. The molecule has 1 saturated carbocycles. The van der Waals surface area contributed by atoms with Crippen molar-refractivity contribution in [2.24, 2.45) is 0 Å². The van der Waals surface area contributed by atoms with Crippen molar-refractivity contribution in [1.29, 1.82) is 0 Å². The monoisotopic (exact) mass is 287 g/mol. The third-order valence-corrected chi connectivity index (χ3v) is 5.55. The van der Waals surface area contributed by atoms with Gasteiger partial charge in [-0.2, -0.15) is 4.31 Å². The number of hydrogen-bond donors (Lipinski definition) is 1. The Morgan fingerprint density at radius 3 is 2.42 bits per heavy atom. The van der Waals surface area contributed by atoms with E-state index < -0.39 is 10.0 Å². The van der Waals surface area contributed by atoms with Gasteiger partial charge in [0.1, 0.15) is 12.4 Å². The number of rotatable bonds is 4. The fourth-order valence-electron chi connectivity index (χ4n) is 2.54. The Hall–Kier alpha value is -0.850. The molecule has 0 atom stereocenters. The van der Waals surface area contributed by atoms with Crippen molar-refractivity contribution in [1.82, 2.24) is 4.31 Å². The van der Waals surface area contributed by atoms with Crippen molar-refractivity contribution in [2.75, 3.05) is 7.05 Å². The van der Waals surface area contributed by atoms with Crippen LogP contribution in [0.5, 0.6) is 0 Å². The van der Waals surface area contributed by atoms with Crippen LogP contribution in [-0.4, -0.2) is 30.9 Å². The smallest absolute Gasteiger partial charge is 0.276 e. The summed E-state index contributed by atoms with van der Waals surface area (Å²) < 4.78 is 31.4. The van der Waals surface area contributed by atoms with E-state index >= 15 is 0 Å². The lowest BCUT2D eigenvalue weighted by atomic mass is 10.1. The molecule has 0 saturated heterocycles. The van der Waals surface area contributed by atoms with E-state index in [1.54, 1.807) is 7.05 Å². The summed E-state index contributed by atoms with van der Waals surface area (Å²) >= 11 is 0. The molecule has 0 aromatic carbocycles. The zero-order valence-corrected chi connectivity index (χ0v) is 12.0. The Balaban J connectivity index is 2.17. The fourth-order valence-corrected chi connectivity index (χ4v) is 3.88. The zero-order valence-electron chi connectivity index (χ0n) is 11.2. The first kappa shape index (κ1) is 14.6. The van der Waals surface area contributed by atoms with Gasteiger partial charge in [-0.1, -0.05) is 25.7 Å². The lowest BCUT2D eigenvalue weighted by Crippen LogP contribution is -2.36. The van der Waals surface area contributed by atoms with Crippen LogP contribution in [0.2, 0.25) is 0 Å². The number of sulfonamides is 1. The molecule has 0 aliphatic heterocycles. The molecule has 19 heavy (non-hydrogen) atoms. The second-order valence-corrected chi connectivity index (χ2v) is 6.97. The zero-order chi connectivity index (χ0) is 13.9. The molecule has 1 N–H and O–H groups in total. The van der Waals surface area contributed by atoms with Gasteiger partial charge in [0.25, 0.3) is 10.0 Å². The van der Waals surface area contributed by atoms with Crippen molar-refractivity contribution < 1.29 is 17.9 Å². The van der Waals surface area contributed by atoms with Gasteiger partial charge in [-0.15, -0.1) is 0 Å². The quantitative estimate of drug-likeness (QED) is 0.861. The maximum absolute atomic E-state index is 12.4. The minimum absolute atomic E-state index is 0.0511. The largest absolute Gasteiger partial charge is 0.446 e. The van der Waals surface area contributed by atoms with Crippen LogP contribution in [0.25, 0.3) is 0 Å². The molecule has 5 nitrogen and oxygen atoms in total. The van der Waals surface area contributed by atoms with Crippen LogP contribution in [0.1, 0.15) is 44.3 Å². The summed E-state index contributed by atoms with van der Waals surface area (Å²) in [6.45, 7) is -0.289. The number of nitrogens with zero attached hydrogens (tertiary/aromatic N) is 1. The van der Waals surface area contributed by atoms with E-state index in [1.165, 1.54) is 29.3 Å². The van der Waals surface area contributed by atoms with Gasteiger partial charge in [0.05, 0.1) is 0 Å². The minimum Gasteiger partial charge on any atom is -0.446 e. The number of furan rings is 1. The van der Waals surface area contributed by atoms with E-state index in [0.29, 0.717) is 0 Å².